The molecule has 0 radical (unpaired) electrons. The molecular formula is C10H13F2NO. The molecule has 2 nitrogen and oxygen atoms in total. The van der Waals surface area contributed by atoms with Gasteiger partial charge in [-0.1, -0.05) is 0 Å². The standard InChI is InChI=1S/C10H13F2NO/c1-13-9(7-2-3-14-6-7)8-4-10(11,12)5-8/h2-3,6,8-9,13H,4-5H2,1H3. The van der Waals surface area contributed by atoms with Crippen LogP contribution in [0.4, 0.5) is 8.78 Å². The van der Waals surface area contributed by atoms with Crippen molar-refractivity contribution in [2.45, 2.75) is 24.8 Å². The first-order valence-corrected chi connectivity index (χ1v) is 4.69. The van der Waals surface area contributed by atoms with E-state index in [1.54, 1.807) is 19.6 Å². The van der Waals surface area contributed by atoms with Crippen molar-refractivity contribution in [3.05, 3.63) is 24.2 Å². The van der Waals surface area contributed by atoms with Crippen LogP contribution in [0.1, 0.15) is 24.4 Å². The molecule has 1 fully saturated rings. The largest absolute Gasteiger partial charge is 0.472 e. The Morgan fingerprint density at radius 2 is 2.29 bits per heavy atom. The molecule has 1 unspecified atom stereocenters. The summed E-state index contributed by atoms with van der Waals surface area (Å²) in [5.41, 5.74) is 0.952. The lowest BCUT2D eigenvalue weighted by Crippen LogP contribution is -2.42. The maximum atomic E-state index is 12.7. The average Bonchev–Trinajstić information content (AvgIpc) is 2.55. The number of halogens is 2. The summed E-state index contributed by atoms with van der Waals surface area (Å²) >= 11 is 0. The van der Waals surface area contributed by atoms with Gasteiger partial charge < -0.3 is 9.73 Å². The molecule has 0 saturated heterocycles. The lowest BCUT2D eigenvalue weighted by Gasteiger charge is -2.39. The predicted molar refractivity (Wildman–Crippen MR) is 48.2 cm³/mol. The summed E-state index contributed by atoms with van der Waals surface area (Å²) in [6.07, 6.45) is 3.13. The van der Waals surface area contributed by atoms with E-state index in [1.165, 1.54) is 0 Å². The van der Waals surface area contributed by atoms with Crippen molar-refractivity contribution in [3.8, 4) is 0 Å². The fourth-order valence-corrected chi connectivity index (χ4v) is 2.07. The van der Waals surface area contributed by atoms with E-state index >= 15 is 0 Å². The van der Waals surface area contributed by atoms with Gasteiger partial charge in [-0.25, -0.2) is 8.78 Å². The summed E-state index contributed by atoms with van der Waals surface area (Å²) in [4.78, 5) is 0. The number of furan rings is 1. The van der Waals surface area contributed by atoms with Gasteiger partial charge in [-0.3, -0.25) is 0 Å². The number of rotatable bonds is 3. The minimum atomic E-state index is -2.45. The highest BCUT2D eigenvalue weighted by Gasteiger charge is 2.48. The Labute approximate surface area is 81.3 Å². The maximum Gasteiger partial charge on any atom is 0.248 e. The summed E-state index contributed by atoms with van der Waals surface area (Å²) in [7, 11) is 1.79. The van der Waals surface area contributed by atoms with Crippen LogP contribution in [0.15, 0.2) is 23.0 Å². The normalized spacial score (nSPS) is 23.1. The molecule has 1 aliphatic rings. The molecule has 1 N–H and O–H groups in total. The summed E-state index contributed by atoms with van der Waals surface area (Å²) < 4.78 is 30.3. The van der Waals surface area contributed by atoms with Gasteiger partial charge in [-0.05, 0) is 19.0 Å². The van der Waals surface area contributed by atoms with Gasteiger partial charge in [-0.2, -0.15) is 0 Å². The van der Waals surface area contributed by atoms with Crippen molar-refractivity contribution < 1.29 is 13.2 Å². The van der Waals surface area contributed by atoms with Crippen LogP contribution >= 0.6 is 0 Å². The third-order valence-corrected chi connectivity index (χ3v) is 2.81. The van der Waals surface area contributed by atoms with Crippen LogP contribution in [-0.2, 0) is 0 Å². The number of nitrogens with one attached hydrogen (secondary N) is 1. The molecule has 1 aromatic heterocycles. The van der Waals surface area contributed by atoms with Gasteiger partial charge in [0.15, 0.2) is 0 Å². The lowest BCUT2D eigenvalue weighted by atomic mass is 9.75. The second kappa shape index (κ2) is 3.35. The lowest BCUT2D eigenvalue weighted by molar-refractivity contribution is -0.119. The van der Waals surface area contributed by atoms with Gasteiger partial charge >= 0.3 is 0 Å². The molecule has 4 heteroatoms. The molecule has 0 aliphatic heterocycles. The molecule has 1 saturated carbocycles. The van der Waals surface area contributed by atoms with Gasteiger partial charge in [-0.15, -0.1) is 0 Å². The molecule has 0 amide bonds. The van der Waals surface area contributed by atoms with Crippen LogP contribution in [0.5, 0.6) is 0 Å². The molecule has 0 spiro atoms. The first-order valence-electron chi connectivity index (χ1n) is 4.69. The molecule has 1 aromatic rings. The van der Waals surface area contributed by atoms with Crippen LogP contribution in [-0.4, -0.2) is 13.0 Å². The van der Waals surface area contributed by atoms with Crippen LogP contribution in [0.2, 0.25) is 0 Å². The summed E-state index contributed by atoms with van der Waals surface area (Å²) in [6, 6.07) is 1.81. The van der Waals surface area contributed by atoms with E-state index in [1.807, 2.05) is 6.07 Å². The molecule has 1 heterocycles. The minimum absolute atomic E-state index is 0.00613. The zero-order valence-electron chi connectivity index (χ0n) is 7.97. The maximum absolute atomic E-state index is 12.7. The highest BCUT2D eigenvalue weighted by Crippen LogP contribution is 2.48. The SMILES string of the molecule is CNC(c1ccoc1)C1CC(F)(F)C1. The quantitative estimate of drug-likeness (QED) is 0.813. The minimum Gasteiger partial charge on any atom is -0.472 e. The van der Waals surface area contributed by atoms with E-state index in [0.29, 0.717) is 0 Å². The van der Waals surface area contributed by atoms with E-state index in [2.05, 4.69) is 5.32 Å². The van der Waals surface area contributed by atoms with Gasteiger partial charge in [0.05, 0.1) is 12.5 Å². The van der Waals surface area contributed by atoms with E-state index in [0.717, 1.165) is 5.56 Å². The van der Waals surface area contributed by atoms with Crippen LogP contribution < -0.4 is 5.32 Å². The van der Waals surface area contributed by atoms with Gasteiger partial charge in [0.25, 0.3) is 0 Å². The third-order valence-electron chi connectivity index (χ3n) is 2.81. The van der Waals surface area contributed by atoms with Crippen molar-refractivity contribution in [1.82, 2.24) is 5.32 Å². The summed E-state index contributed by atoms with van der Waals surface area (Å²) in [5.74, 6) is -2.43. The second-order valence-electron chi connectivity index (χ2n) is 3.85. The highest BCUT2D eigenvalue weighted by molar-refractivity contribution is 5.15. The van der Waals surface area contributed by atoms with Gasteiger partial charge in [0, 0.05) is 24.4 Å². The van der Waals surface area contributed by atoms with Crippen LogP contribution in [0.3, 0.4) is 0 Å². The topological polar surface area (TPSA) is 25.2 Å². The molecule has 1 atom stereocenters. The fourth-order valence-electron chi connectivity index (χ4n) is 2.07. The predicted octanol–water partition coefficient (Wildman–Crippen LogP) is 2.59. The zero-order chi connectivity index (χ0) is 10.2. The molecule has 14 heavy (non-hydrogen) atoms. The first kappa shape index (κ1) is 9.65. The van der Waals surface area contributed by atoms with Crippen molar-refractivity contribution >= 4 is 0 Å². The van der Waals surface area contributed by atoms with Crippen molar-refractivity contribution in [1.29, 1.82) is 0 Å². The average molecular weight is 201 g/mol. The monoisotopic (exact) mass is 201 g/mol. The van der Waals surface area contributed by atoms with E-state index in [4.69, 9.17) is 4.42 Å². The molecule has 78 valence electrons. The molecule has 0 bridgehead atoms. The first-order chi connectivity index (χ1) is 6.62. The van der Waals surface area contributed by atoms with Gasteiger partial charge in [0.2, 0.25) is 5.92 Å². The Balaban J connectivity index is 2.02. The Kier molecular flexibility index (Phi) is 2.31. The van der Waals surface area contributed by atoms with E-state index < -0.39 is 5.92 Å². The number of alkyl halides is 2. The van der Waals surface area contributed by atoms with Crippen molar-refractivity contribution in [2.24, 2.45) is 5.92 Å². The van der Waals surface area contributed by atoms with Gasteiger partial charge in [0.1, 0.15) is 0 Å². The van der Waals surface area contributed by atoms with E-state index in [-0.39, 0.29) is 24.8 Å². The Morgan fingerprint density at radius 3 is 2.71 bits per heavy atom. The highest BCUT2D eigenvalue weighted by atomic mass is 19.3. The zero-order valence-corrected chi connectivity index (χ0v) is 7.97. The van der Waals surface area contributed by atoms with Crippen LogP contribution in [0, 0.1) is 5.92 Å². The second-order valence-corrected chi connectivity index (χ2v) is 3.85. The third kappa shape index (κ3) is 1.66. The Hall–Kier alpha value is -0.900. The van der Waals surface area contributed by atoms with Crippen LogP contribution in [0.25, 0.3) is 0 Å². The van der Waals surface area contributed by atoms with Crippen molar-refractivity contribution in [2.75, 3.05) is 7.05 Å². The number of hydrogen-bond acceptors (Lipinski definition) is 2. The fraction of sp³-hybridized carbons (Fsp3) is 0.600. The molecule has 0 aromatic carbocycles. The molecule has 1 aliphatic carbocycles. The molecule has 2 rings (SSSR count). The van der Waals surface area contributed by atoms with Crippen molar-refractivity contribution in [3.63, 3.8) is 0 Å². The Bertz CT molecular complexity index is 289. The smallest absolute Gasteiger partial charge is 0.248 e. The Morgan fingerprint density at radius 1 is 1.57 bits per heavy atom. The summed E-state index contributed by atoms with van der Waals surface area (Å²) in [5, 5.41) is 3.05. The summed E-state index contributed by atoms with van der Waals surface area (Å²) in [6.45, 7) is 0. The number of hydrogen-bond donors (Lipinski definition) is 1. The van der Waals surface area contributed by atoms with E-state index in [9.17, 15) is 8.78 Å². The molecular weight excluding hydrogens is 188 g/mol.